The van der Waals surface area contributed by atoms with Crippen molar-refractivity contribution in [2.45, 2.75) is 70.8 Å². The molecule has 1 saturated heterocycles. The topological polar surface area (TPSA) is 3.24 Å². The van der Waals surface area contributed by atoms with Crippen LogP contribution in [0.5, 0.6) is 0 Å². The van der Waals surface area contributed by atoms with Crippen molar-refractivity contribution in [3.63, 3.8) is 0 Å². The Bertz CT molecular complexity index is 180. The molecule has 2 fully saturated rings. The van der Waals surface area contributed by atoms with Crippen LogP contribution < -0.4 is 0 Å². The van der Waals surface area contributed by atoms with Gasteiger partial charge in [0.15, 0.2) is 0 Å². The van der Waals surface area contributed by atoms with Crippen LogP contribution in [0.1, 0.15) is 64.7 Å². The second-order valence-corrected chi connectivity index (χ2v) is 6.18. The van der Waals surface area contributed by atoms with Crippen LogP contribution in [-0.4, -0.2) is 24.5 Å². The van der Waals surface area contributed by atoms with Crippen LogP contribution in [-0.2, 0) is 0 Å². The molecule has 94 valence electrons. The minimum atomic E-state index is 0.899. The molecule has 1 nitrogen and oxygen atoms in total. The van der Waals surface area contributed by atoms with Gasteiger partial charge in [0.1, 0.15) is 0 Å². The van der Waals surface area contributed by atoms with E-state index in [1.807, 2.05) is 0 Å². The Balaban J connectivity index is 2.01. The van der Waals surface area contributed by atoms with Crippen LogP contribution in [0.2, 0.25) is 0 Å². The summed E-state index contributed by atoms with van der Waals surface area (Å²) in [4.78, 5) is 2.68. The lowest BCUT2D eigenvalue weighted by atomic mass is 9.81. The minimum Gasteiger partial charge on any atom is -0.303 e. The van der Waals surface area contributed by atoms with Crippen molar-refractivity contribution in [2.24, 2.45) is 11.8 Å². The van der Waals surface area contributed by atoms with Crippen molar-refractivity contribution >= 4 is 0 Å². The maximum atomic E-state index is 2.68. The summed E-state index contributed by atoms with van der Waals surface area (Å²) in [6.45, 7) is 3.85. The molecule has 0 N–H and O–H groups in total. The van der Waals surface area contributed by atoms with Crippen LogP contribution in [0, 0.1) is 11.8 Å². The van der Waals surface area contributed by atoms with E-state index in [2.05, 4.69) is 18.9 Å². The number of likely N-dealkylation sites (tertiary alicyclic amines) is 1. The van der Waals surface area contributed by atoms with E-state index in [1.165, 1.54) is 64.3 Å². The van der Waals surface area contributed by atoms with Crippen molar-refractivity contribution in [1.29, 1.82) is 0 Å². The lowest BCUT2D eigenvalue weighted by Crippen LogP contribution is -2.39. The molecule has 2 aliphatic rings. The largest absolute Gasteiger partial charge is 0.303 e. The second-order valence-electron chi connectivity index (χ2n) is 6.18. The Kier molecular flexibility index (Phi) is 4.69. The first-order chi connectivity index (χ1) is 7.79. The SMILES string of the molecule is CC1CCCCCC1C1CCCCCN1C. The first-order valence-electron chi connectivity index (χ1n) is 7.49. The first-order valence-corrected chi connectivity index (χ1v) is 7.49. The van der Waals surface area contributed by atoms with Crippen LogP contribution in [0.3, 0.4) is 0 Å². The number of hydrogen-bond donors (Lipinski definition) is 0. The molecular formula is C15H29N. The molecule has 16 heavy (non-hydrogen) atoms. The van der Waals surface area contributed by atoms with Gasteiger partial charge in [-0.05, 0) is 44.7 Å². The quantitative estimate of drug-likeness (QED) is 0.606. The van der Waals surface area contributed by atoms with E-state index in [9.17, 15) is 0 Å². The molecule has 1 aliphatic heterocycles. The molecule has 0 aromatic carbocycles. The number of nitrogens with zero attached hydrogens (tertiary/aromatic N) is 1. The molecule has 3 unspecified atom stereocenters. The summed E-state index contributed by atoms with van der Waals surface area (Å²) in [5.41, 5.74) is 0. The molecule has 0 bridgehead atoms. The highest BCUT2D eigenvalue weighted by Crippen LogP contribution is 2.35. The smallest absolute Gasteiger partial charge is 0.0123 e. The first kappa shape index (κ1) is 12.4. The van der Waals surface area contributed by atoms with Gasteiger partial charge in [0, 0.05) is 6.04 Å². The monoisotopic (exact) mass is 223 g/mol. The normalized spacial score (nSPS) is 39.0. The number of rotatable bonds is 1. The van der Waals surface area contributed by atoms with Gasteiger partial charge < -0.3 is 4.90 Å². The zero-order valence-corrected chi connectivity index (χ0v) is 11.3. The third kappa shape index (κ3) is 3.00. The fourth-order valence-corrected chi connectivity index (χ4v) is 3.91. The average molecular weight is 223 g/mol. The van der Waals surface area contributed by atoms with E-state index in [-0.39, 0.29) is 0 Å². The van der Waals surface area contributed by atoms with Crippen molar-refractivity contribution in [3.05, 3.63) is 0 Å². The van der Waals surface area contributed by atoms with Crippen molar-refractivity contribution in [2.75, 3.05) is 13.6 Å². The van der Waals surface area contributed by atoms with Crippen LogP contribution in [0.15, 0.2) is 0 Å². The fraction of sp³-hybridized carbons (Fsp3) is 1.00. The zero-order valence-electron chi connectivity index (χ0n) is 11.3. The summed E-state index contributed by atoms with van der Waals surface area (Å²) in [5, 5.41) is 0. The number of hydrogen-bond acceptors (Lipinski definition) is 1. The van der Waals surface area contributed by atoms with Gasteiger partial charge in [0.2, 0.25) is 0 Å². The Labute approximate surface area is 102 Å². The molecule has 0 spiro atoms. The molecule has 0 amide bonds. The molecule has 0 aromatic heterocycles. The summed E-state index contributed by atoms with van der Waals surface area (Å²) < 4.78 is 0. The lowest BCUT2D eigenvalue weighted by molar-refractivity contribution is 0.131. The van der Waals surface area contributed by atoms with Gasteiger partial charge in [-0.3, -0.25) is 0 Å². The van der Waals surface area contributed by atoms with Crippen LogP contribution in [0.25, 0.3) is 0 Å². The van der Waals surface area contributed by atoms with Crippen LogP contribution >= 0.6 is 0 Å². The van der Waals surface area contributed by atoms with Gasteiger partial charge in [-0.25, -0.2) is 0 Å². The average Bonchev–Trinajstić information content (AvgIpc) is 2.59. The predicted molar refractivity (Wildman–Crippen MR) is 70.6 cm³/mol. The van der Waals surface area contributed by atoms with Gasteiger partial charge in [-0.15, -0.1) is 0 Å². The molecule has 0 aromatic rings. The van der Waals surface area contributed by atoms with Gasteiger partial charge in [0.05, 0.1) is 0 Å². The molecular weight excluding hydrogens is 194 g/mol. The molecule has 0 radical (unpaired) electrons. The fourth-order valence-electron chi connectivity index (χ4n) is 3.91. The highest BCUT2D eigenvalue weighted by atomic mass is 15.1. The predicted octanol–water partition coefficient (Wildman–Crippen LogP) is 4.08. The van der Waals surface area contributed by atoms with E-state index in [4.69, 9.17) is 0 Å². The summed E-state index contributed by atoms with van der Waals surface area (Å²) in [6.07, 6.45) is 13.2. The van der Waals surface area contributed by atoms with E-state index in [1.54, 1.807) is 0 Å². The molecule has 1 aliphatic carbocycles. The maximum Gasteiger partial charge on any atom is 0.0123 e. The minimum absolute atomic E-state index is 0.899. The van der Waals surface area contributed by atoms with Crippen molar-refractivity contribution < 1.29 is 0 Å². The molecule has 1 heteroatoms. The van der Waals surface area contributed by atoms with E-state index in [0.29, 0.717) is 0 Å². The molecule has 3 atom stereocenters. The Morgan fingerprint density at radius 3 is 2.38 bits per heavy atom. The lowest BCUT2D eigenvalue weighted by Gasteiger charge is -2.36. The summed E-state index contributed by atoms with van der Waals surface area (Å²) in [7, 11) is 2.37. The molecule has 1 saturated carbocycles. The second kappa shape index (κ2) is 6.05. The summed E-state index contributed by atoms with van der Waals surface area (Å²) >= 11 is 0. The summed E-state index contributed by atoms with van der Waals surface area (Å²) in [6, 6.07) is 0.899. The van der Waals surface area contributed by atoms with Gasteiger partial charge >= 0.3 is 0 Å². The van der Waals surface area contributed by atoms with Crippen molar-refractivity contribution in [3.8, 4) is 0 Å². The maximum absolute atomic E-state index is 2.68. The Hall–Kier alpha value is -0.0400. The Morgan fingerprint density at radius 1 is 0.812 bits per heavy atom. The Morgan fingerprint density at radius 2 is 1.50 bits per heavy atom. The van der Waals surface area contributed by atoms with Gasteiger partial charge in [-0.2, -0.15) is 0 Å². The van der Waals surface area contributed by atoms with E-state index in [0.717, 1.165) is 17.9 Å². The third-order valence-electron chi connectivity index (χ3n) is 5.00. The molecule has 2 rings (SSSR count). The molecule has 1 heterocycles. The summed E-state index contributed by atoms with van der Waals surface area (Å²) in [5.74, 6) is 1.96. The van der Waals surface area contributed by atoms with Gasteiger partial charge in [-0.1, -0.05) is 45.4 Å². The standard InChI is InChI=1S/C15H29N/c1-13-9-5-3-6-10-14(13)15-11-7-4-8-12-16(15)2/h13-15H,3-12H2,1-2H3. The van der Waals surface area contributed by atoms with E-state index >= 15 is 0 Å². The van der Waals surface area contributed by atoms with E-state index < -0.39 is 0 Å². The highest BCUT2D eigenvalue weighted by molar-refractivity contribution is 4.84. The van der Waals surface area contributed by atoms with Crippen LogP contribution in [0.4, 0.5) is 0 Å². The zero-order chi connectivity index (χ0) is 11.4. The highest BCUT2D eigenvalue weighted by Gasteiger charge is 2.30. The van der Waals surface area contributed by atoms with Gasteiger partial charge in [0.25, 0.3) is 0 Å². The van der Waals surface area contributed by atoms with Crippen molar-refractivity contribution in [1.82, 2.24) is 4.90 Å². The third-order valence-corrected chi connectivity index (χ3v) is 5.00.